The van der Waals surface area contributed by atoms with Crippen LogP contribution in [-0.2, 0) is 16.1 Å². The van der Waals surface area contributed by atoms with Gasteiger partial charge in [0, 0.05) is 16.7 Å². The quantitative estimate of drug-likeness (QED) is 0.497. The van der Waals surface area contributed by atoms with Crippen LogP contribution in [0.3, 0.4) is 0 Å². The number of carbonyl (C=O) groups excluding carboxylic acids is 1. The Hall–Kier alpha value is -0.670. The second-order valence-corrected chi connectivity index (χ2v) is 9.92. The minimum absolute atomic E-state index is 0.116. The van der Waals surface area contributed by atoms with E-state index in [-0.39, 0.29) is 29.0 Å². The molecular weight excluding hydrogens is 360 g/mol. The summed E-state index contributed by atoms with van der Waals surface area (Å²) in [4.78, 5) is 15.9. The van der Waals surface area contributed by atoms with Gasteiger partial charge in [-0.1, -0.05) is 20.3 Å². The summed E-state index contributed by atoms with van der Waals surface area (Å²) in [6, 6.07) is -0.116. The highest BCUT2D eigenvalue weighted by Gasteiger charge is 2.32. The lowest BCUT2D eigenvalue weighted by molar-refractivity contribution is 0.0519. The molecule has 0 aliphatic carbocycles. The maximum atomic E-state index is 12.4. The number of thiazole rings is 1. The lowest BCUT2D eigenvalue weighted by atomic mass is 9.95. The van der Waals surface area contributed by atoms with E-state index in [1.807, 2.05) is 20.8 Å². The van der Waals surface area contributed by atoms with Gasteiger partial charge < -0.3 is 14.4 Å². The highest BCUT2D eigenvalue weighted by molar-refractivity contribution is 7.90. The highest BCUT2D eigenvalue weighted by Crippen LogP contribution is 2.27. The van der Waals surface area contributed by atoms with E-state index in [4.69, 9.17) is 4.74 Å². The number of nitrogens with one attached hydrogen (secondary N) is 1. The molecule has 1 heterocycles. The maximum absolute atomic E-state index is 12.4. The van der Waals surface area contributed by atoms with Crippen LogP contribution in [-0.4, -0.2) is 38.0 Å². The van der Waals surface area contributed by atoms with Crippen LogP contribution in [0.5, 0.6) is 0 Å². The predicted octanol–water partition coefficient (Wildman–Crippen LogP) is 3.21. The maximum Gasteiger partial charge on any atom is 0.357 e. The first-order valence-electron chi connectivity index (χ1n) is 8.58. The van der Waals surface area contributed by atoms with Gasteiger partial charge in [-0.25, -0.2) is 9.78 Å². The van der Waals surface area contributed by atoms with Crippen LogP contribution in [0.4, 0.5) is 0 Å². The molecule has 0 aromatic carbocycles. The average Bonchev–Trinajstić information content (AvgIpc) is 3.02. The first-order chi connectivity index (χ1) is 11.6. The molecule has 25 heavy (non-hydrogen) atoms. The summed E-state index contributed by atoms with van der Waals surface area (Å²) in [5.74, 6) is -0.243. The van der Waals surface area contributed by atoms with Crippen LogP contribution < -0.4 is 4.72 Å². The Morgan fingerprint density at radius 3 is 2.64 bits per heavy atom. The van der Waals surface area contributed by atoms with Crippen LogP contribution in [0.2, 0.25) is 0 Å². The summed E-state index contributed by atoms with van der Waals surface area (Å²) in [6.45, 7) is 11.9. The van der Waals surface area contributed by atoms with Gasteiger partial charge in [0.15, 0.2) is 5.69 Å². The number of hydrogen-bond acceptors (Lipinski definition) is 7. The summed E-state index contributed by atoms with van der Waals surface area (Å²) < 4.78 is 20.1. The van der Waals surface area contributed by atoms with Crippen LogP contribution in [0, 0.1) is 5.92 Å². The molecule has 2 N–H and O–H groups in total. The summed E-state index contributed by atoms with van der Waals surface area (Å²) in [5, 5.41) is 12.6. The fraction of sp³-hybridized carbons (Fsp3) is 0.765. The first kappa shape index (κ1) is 22.4. The molecule has 0 amide bonds. The minimum Gasteiger partial charge on any atom is -0.598 e. The van der Waals surface area contributed by atoms with E-state index in [0.717, 1.165) is 6.42 Å². The lowest BCUT2D eigenvalue weighted by Gasteiger charge is -2.31. The van der Waals surface area contributed by atoms with Crippen molar-refractivity contribution in [3.63, 3.8) is 0 Å². The molecule has 0 saturated carbocycles. The first-order valence-corrected chi connectivity index (χ1v) is 10.6. The van der Waals surface area contributed by atoms with Crippen LogP contribution in [0.25, 0.3) is 0 Å². The van der Waals surface area contributed by atoms with Crippen molar-refractivity contribution in [3.8, 4) is 0 Å². The molecule has 0 spiro atoms. The normalized spacial score (nSPS) is 17.0. The van der Waals surface area contributed by atoms with Crippen LogP contribution in [0.15, 0.2) is 5.38 Å². The van der Waals surface area contributed by atoms with Crippen molar-refractivity contribution in [2.45, 2.75) is 71.3 Å². The van der Waals surface area contributed by atoms with E-state index in [9.17, 15) is 14.5 Å². The standard InChI is InChI=1S/C17H30N2O4S2/c1-7-11(3)12(19-25(22)17(4,5)6)9-14(20)15-18-13(10-24-15)16(21)23-8-2/h10-12,14,19-20H,7-9H2,1-6H3/t11?,12-,14-,25+/m1/s1. The number of rotatable bonds is 9. The smallest absolute Gasteiger partial charge is 0.357 e. The number of hydrogen-bond donors (Lipinski definition) is 2. The summed E-state index contributed by atoms with van der Waals surface area (Å²) in [6.07, 6.45) is 0.459. The molecule has 0 saturated heterocycles. The molecule has 0 aliphatic rings. The SMILES string of the molecule is CCOC(=O)c1csc([C@H](O)C[C@@H](N[S@@+]([O-])C(C)(C)C)C(C)CC)n1. The van der Waals surface area contributed by atoms with Crippen molar-refractivity contribution in [2.75, 3.05) is 6.61 Å². The average molecular weight is 391 g/mol. The number of ether oxygens (including phenoxy) is 1. The van der Waals surface area contributed by atoms with E-state index in [1.54, 1.807) is 12.3 Å². The van der Waals surface area contributed by atoms with Gasteiger partial charge in [-0.15, -0.1) is 16.1 Å². The van der Waals surface area contributed by atoms with Crippen LogP contribution >= 0.6 is 11.3 Å². The summed E-state index contributed by atoms with van der Waals surface area (Å²) >= 11 is 0.0125. The van der Waals surface area contributed by atoms with Gasteiger partial charge in [-0.3, -0.25) is 0 Å². The zero-order valence-electron chi connectivity index (χ0n) is 15.9. The fourth-order valence-electron chi connectivity index (χ4n) is 2.08. The second-order valence-electron chi connectivity index (χ2n) is 7.03. The van der Waals surface area contributed by atoms with E-state index in [2.05, 4.69) is 23.6 Å². The lowest BCUT2D eigenvalue weighted by Crippen LogP contribution is -2.47. The number of aliphatic hydroxyl groups excluding tert-OH is 1. The zero-order chi connectivity index (χ0) is 19.2. The Labute approximate surface area is 157 Å². The summed E-state index contributed by atoms with van der Waals surface area (Å²) in [7, 11) is 0. The Morgan fingerprint density at radius 2 is 2.12 bits per heavy atom. The van der Waals surface area contributed by atoms with Gasteiger partial charge in [-0.2, -0.15) is 0 Å². The highest BCUT2D eigenvalue weighted by atomic mass is 32.2. The number of esters is 1. The third-order valence-corrected chi connectivity index (χ3v) is 6.49. The minimum atomic E-state index is -1.22. The van der Waals surface area contributed by atoms with Crippen LogP contribution in [0.1, 0.15) is 76.0 Å². The molecule has 1 aromatic heterocycles. The predicted molar refractivity (Wildman–Crippen MR) is 102 cm³/mol. The Kier molecular flexibility index (Phi) is 8.83. The number of aromatic nitrogens is 1. The van der Waals surface area contributed by atoms with E-state index in [1.165, 1.54) is 11.3 Å². The third-order valence-electron chi connectivity index (χ3n) is 3.91. The molecule has 0 fully saturated rings. The molecule has 1 unspecified atom stereocenters. The number of nitrogens with zero attached hydrogens (tertiary/aromatic N) is 1. The van der Waals surface area contributed by atoms with Gasteiger partial charge in [0.1, 0.15) is 15.9 Å². The molecule has 0 aliphatic heterocycles. The van der Waals surface area contributed by atoms with E-state index in [0.29, 0.717) is 11.4 Å². The molecule has 144 valence electrons. The molecule has 8 heteroatoms. The monoisotopic (exact) mass is 390 g/mol. The van der Waals surface area contributed by atoms with Gasteiger partial charge >= 0.3 is 5.97 Å². The molecule has 6 nitrogen and oxygen atoms in total. The van der Waals surface area contributed by atoms with Crippen molar-refractivity contribution in [2.24, 2.45) is 5.92 Å². The largest absolute Gasteiger partial charge is 0.598 e. The van der Waals surface area contributed by atoms with Gasteiger partial charge in [0.2, 0.25) is 0 Å². The van der Waals surface area contributed by atoms with E-state index >= 15 is 0 Å². The van der Waals surface area contributed by atoms with Crippen molar-refractivity contribution in [3.05, 3.63) is 16.1 Å². The molecule has 0 bridgehead atoms. The van der Waals surface area contributed by atoms with Crippen molar-refractivity contribution >= 4 is 28.7 Å². The third kappa shape index (κ3) is 6.86. The van der Waals surface area contributed by atoms with Gasteiger partial charge in [-0.05, 0) is 40.0 Å². The fourth-order valence-corrected chi connectivity index (χ4v) is 3.82. The van der Waals surface area contributed by atoms with Gasteiger partial charge in [0.25, 0.3) is 0 Å². The second kappa shape index (κ2) is 9.87. The Bertz CT molecular complexity index is 545. The topological polar surface area (TPSA) is 94.5 Å². The van der Waals surface area contributed by atoms with Crippen molar-refractivity contribution in [1.29, 1.82) is 0 Å². The van der Waals surface area contributed by atoms with Gasteiger partial charge in [0.05, 0.1) is 12.6 Å². The Balaban J connectivity index is 2.81. The zero-order valence-corrected chi connectivity index (χ0v) is 17.5. The molecule has 4 atom stereocenters. The molecule has 0 radical (unpaired) electrons. The number of aliphatic hydroxyl groups is 1. The Morgan fingerprint density at radius 1 is 1.48 bits per heavy atom. The van der Waals surface area contributed by atoms with Crippen molar-refractivity contribution < 1.29 is 19.2 Å². The number of carbonyl (C=O) groups is 1. The molecule has 1 aromatic rings. The summed E-state index contributed by atoms with van der Waals surface area (Å²) in [5.41, 5.74) is 0.215. The molecule has 1 rings (SSSR count). The van der Waals surface area contributed by atoms with E-state index < -0.39 is 23.4 Å². The van der Waals surface area contributed by atoms with Crippen molar-refractivity contribution in [1.82, 2.24) is 9.71 Å². The molecular formula is C17H30N2O4S2.